The van der Waals surface area contributed by atoms with E-state index in [1.54, 1.807) is 27.8 Å². The van der Waals surface area contributed by atoms with E-state index in [4.69, 9.17) is 21.1 Å². The van der Waals surface area contributed by atoms with Gasteiger partial charge >= 0.3 is 12.1 Å². The van der Waals surface area contributed by atoms with Gasteiger partial charge in [-0.25, -0.2) is 19.0 Å². The molecular weight excluding hydrogens is 403 g/mol. The lowest BCUT2D eigenvalue weighted by Crippen LogP contribution is -2.46. The van der Waals surface area contributed by atoms with Gasteiger partial charge in [0.05, 0.1) is 12.8 Å². The molecule has 1 saturated carbocycles. The minimum Gasteiger partial charge on any atom is -0.467 e. The highest BCUT2D eigenvalue weighted by molar-refractivity contribution is 6.30. The van der Waals surface area contributed by atoms with Crippen LogP contribution in [0.4, 0.5) is 9.18 Å². The molecular formula is C19H22ClFN4O4. The number of hydrogen-bond donors (Lipinski definition) is 0. The fourth-order valence-corrected chi connectivity index (χ4v) is 4.52. The van der Waals surface area contributed by atoms with Crippen LogP contribution >= 0.6 is 11.6 Å². The van der Waals surface area contributed by atoms with Crippen LogP contribution in [0.1, 0.15) is 32.4 Å². The summed E-state index contributed by atoms with van der Waals surface area (Å²) in [6, 6.07) is -0.771. The Morgan fingerprint density at radius 3 is 2.66 bits per heavy atom. The summed E-state index contributed by atoms with van der Waals surface area (Å²) in [7, 11) is 2.92. The molecule has 156 valence electrons. The Kier molecular flexibility index (Phi) is 4.49. The fourth-order valence-electron chi connectivity index (χ4n) is 4.38. The van der Waals surface area contributed by atoms with Crippen LogP contribution in [0.5, 0.6) is 0 Å². The maximum atomic E-state index is 14.4. The molecule has 29 heavy (non-hydrogen) atoms. The van der Waals surface area contributed by atoms with Crippen molar-refractivity contribution in [2.24, 2.45) is 18.9 Å². The number of carbonyl (C=O) groups excluding carboxylic acids is 2. The number of esters is 1. The van der Waals surface area contributed by atoms with Crippen molar-refractivity contribution >= 4 is 34.6 Å². The van der Waals surface area contributed by atoms with Gasteiger partial charge in [0.1, 0.15) is 17.2 Å². The Morgan fingerprint density at radius 1 is 1.34 bits per heavy atom. The Hall–Kier alpha value is -2.42. The van der Waals surface area contributed by atoms with Crippen molar-refractivity contribution in [2.75, 3.05) is 13.7 Å². The number of nitrogens with zero attached hydrogens (tertiary/aromatic N) is 4. The summed E-state index contributed by atoms with van der Waals surface area (Å²) in [5.41, 5.74) is 0.241. The molecule has 10 heteroatoms. The van der Waals surface area contributed by atoms with Crippen molar-refractivity contribution in [3.8, 4) is 0 Å². The van der Waals surface area contributed by atoms with Crippen LogP contribution in [0.15, 0.2) is 6.20 Å². The number of pyridine rings is 1. The van der Waals surface area contributed by atoms with Gasteiger partial charge in [0.15, 0.2) is 11.0 Å². The van der Waals surface area contributed by atoms with E-state index in [2.05, 4.69) is 10.1 Å². The van der Waals surface area contributed by atoms with E-state index in [0.717, 1.165) is 0 Å². The third-order valence-electron chi connectivity index (χ3n) is 5.53. The van der Waals surface area contributed by atoms with Crippen molar-refractivity contribution in [2.45, 2.75) is 38.3 Å². The van der Waals surface area contributed by atoms with Gasteiger partial charge in [-0.2, -0.15) is 5.10 Å². The van der Waals surface area contributed by atoms with E-state index in [0.29, 0.717) is 17.6 Å². The van der Waals surface area contributed by atoms with Crippen LogP contribution in [0.2, 0.25) is 5.15 Å². The number of piperidine rings is 1. The van der Waals surface area contributed by atoms with E-state index in [1.807, 2.05) is 0 Å². The molecule has 2 fully saturated rings. The third kappa shape index (κ3) is 3.11. The lowest BCUT2D eigenvalue weighted by atomic mass is 10.1. The molecule has 4 rings (SSSR count). The number of fused-ring (bicyclic) bond motifs is 2. The van der Waals surface area contributed by atoms with E-state index in [1.165, 1.54) is 22.9 Å². The van der Waals surface area contributed by atoms with Crippen molar-refractivity contribution in [1.29, 1.82) is 0 Å². The van der Waals surface area contributed by atoms with Crippen LogP contribution in [-0.4, -0.2) is 57.0 Å². The second-order valence-electron chi connectivity index (χ2n) is 8.50. The molecule has 1 amide bonds. The number of aryl methyl sites for hydroxylation is 1. The van der Waals surface area contributed by atoms with Crippen LogP contribution in [0.3, 0.4) is 0 Å². The molecule has 1 aliphatic heterocycles. The van der Waals surface area contributed by atoms with Crippen LogP contribution < -0.4 is 0 Å². The molecule has 0 N–H and O–H groups in total. The summed E-state index contributed by atoms with van der Waals surface area (Å²) in [6.45, 7) is 5.64. The van der Waals surface area contributed by atoms with Gasteiger partial charge in [0.2, 0.25) is 0 Å². The molecule has 2 aliphatic rings. The second-order valence-corrected chi connectivity index (χ2v) is 8.86. The molecule has 2 unspecified atom stereocenters. The fraction of sp³-hybridized carbons (Fsp3) is 0.579. The average Bonchev–Trinajstić information content (AvgIpc) is 3.01. The molecule has 2 aromatic heterocycles. The largest absolute Gasteiger partial charge is 0.467 e. The Labute approximate surface area is 171 Å². The predicted octanol–water partition coefficient (Wildman–Crippen LogP) is 2.88. The zero-order valence-electron chi connectivity index (χ0n) is 16.8. The molecule has 0 radical (unpaired) electrons. The molecule has 0 aromatic carbocycles. The highest BCUT2D eigenvalue weighted by Gasteiger charge is 2.67. The molecule has 3 heterocycles. The van der Waals surface area contributed by atoms with Gasteiger partial charge in [0.25, 0.3) is 0 Å². The monoisotopic (exact) mass is 424 g/mol. The number of carbonyl (C=O) groups is 2. The van der Waals surface area contributed by atoms with Crippen molar-refractivity contribution < 1.29 is 23.5 Å². The van der Waals surface area contributed by atoms with Crippen molar-refractivity contribution in [3.63, 3.8) is 0 Å². The first-order valence-electron chi connectivity index (χ1n) is 9.29. The van der Waals surface area contributed by atoms with Gasteiger partial charge in [-0.1, -0.05) is 11.6 Å². The van der Waals surface area contributed by atoms with Crippen LogP contribution in [0, 0.1) is 17.7 Å². The number of ether oxygens (including phenoxy) is 2. The first-order chi connectivity index (χ1) is 13.5. The Balaban J connectivity index is 1.67. The van der Waals surface area contributed by atoms with Crippen LogP contribution in [0.25, 0.3) is 10.9 Å². The lowest BCUT2D eigenvalue weighted by molar-refractivity contribution is -0.146. The minimum absolute atomic E-state index is 0.00320. The lowest BCUT2D eigenvalue weighted by Gasteiger charge is -2.29. The average molecular weight is 425 g/mol. The summed E-state index contributed by atoms with van der Waals surface area (Å²) >= 11 is 5.80. The summed E-state index contributed by atoms with van der Waals surface area (Å²) in [6.07, 6.45) is 0.944. The van der Waals surface area contributed by atoms with Crippen LogP contribution in [-0.2, 0) is 21.3 Å². The predicted molar refractivity (Wildman–Crippen MR) is 102 cm³/mol. The number of rotatable bonds is 2. The number of aromatic nitrogens is 3. The SMILES string of the molecule is COC(=O)C1[C@@H]2C(c3nn(C)c4c(F)c(Cl)ncc34)[C@@H]2CN1C(=O)OC(C)(C)C. The molecule has 2 aromatic rings. The summed E-state index contributed by atoms with van der Waals surface area (Å²) in [5, 5.41) is 4.82. The maximum absolute atomic E-state index is 14.4. The topological polar surface area (TPSA) is 86.5 Å². The standard InChI is InChI=1S/C19H22ClFN4O4/c1-19(2,3)29-18(27)25-7-9-10(11(9)15(25)17(26)28-5)13-8-6-22-16(20)12(21)14(8)24(4)23-13/h6,9-11,15H,7H2,1-5H3/t9-,10?,11-,15?/m0/s1. The van der Waals surface area contributed by atoms with E-state index < -0.39 is 29.5 Å². The zero-order chi connectivity index (χ0) is 21.2. The number of amides is 1. The van der Waals surface area contributed by atoms with Gasteiger partial charge < -0.3 is 9.47 Å². The third-order valence-corrected chi connectivity index (χ3v) is 5.80. The van der Waals surface area contributed by atoms with E-state index in [-0.39, 0.29) is 28.4 Å². The smallest absolute Gasteiger partial charge is 0.411 e. The highest BCUT2D eigenvalue weighted by Crippen LogP contribution is 2.62. The normalized spacial score (nSPS) is 25.8. The van der Waals surface area contributed by atoms with Crippen molar-refractivity contribution in [1.82, 2.24) is 19.7 Å². The molecule has 0 bridgehead atoms. The quantitative estimate of drug-likeness (QED) is 0.544. The van der Waals surface area contributed by atoms with Gasteiger partial charge in [0, 0.05) is 37.0 Å². The molecule has 4 atom stereocenters. The van der Waals surface area contributed by atoms with E-state index in [9.17, 15) is 14.0 Å². The van der Waals surface area contributed by atoms with E-state index >= 15 is 0 Å². The highest BCUT2D eigenvalue weighted by atomic mass is 35.5. The Morgan fingerprint density at radius 2 is 2.03 bits per heavy atom. The molecule has 1 saturated heterocycles. The molecule has 1 aliphatic carbocycles. The number of halogens is 2. The minimum atomic E-state index is -0.771. The first-order valence-corrected chi connectivity index (χ1v) is 9.67. The summed E-state index contributed by atoms with van der Waals surface area (Å²) in [5.74, 6) is -1.41. The number of hydrogen-bond acceptors (Lipinski definition) is 6. The maximum Gasteiger partial charge on any atom is 0.411 e. The summed E-state index contributed by atoms with van der Waals surface area (Å²) < 4.78 is 26.3. The van der Waals surface area contributed by atoms with Crippen molar-refractivity contribution in [3.05, 3.63) is 22.9 Å². The number of likely N-dealkylation sites (tertiary alicyclic amines) is 1. The Bertz CT molecular complexity index is 1020. The van der Waals surface area contributed by atoms with Gasteiger partial charge in [-0.05, 0) is 26.7 Å². The molecule has 8 nitrogen and oxygen atoms in total. The van der Waals surface area contributed by atoms with Gasteiger partial charge in [-0.15, -0.1) is 0 Å². The zero-order valence-corrected chi connectivity index (χ0v) is 17.5. The second kappa shape index (κ2) is 6.55. The molecule has 0 spiro atoms. The van der Waals surface area contributed by atoms with Gasteiger partial charge in [-0.3, -0.25) is 9.58 Å². The first kappa shape index (κ1) is 19.9. The number of methoxy groups -OCH3 is 1. The summed E-state index contributed by atoms with van der Waals surface area (Å²) in [4.78, 5) is 30.4.